The van der Waals surface area contributed by atoms with Crippen LogP contribution in [0, 0.1) is 23.2 Å². The largest absolute Gasteiger partial charge is 0.469 e. The summed E-state index contributed by atoms with van der Waals surface area (Å²) in [6.07, 6.45) is 3.58. The SMILES string of the molecule is COC(=O)C12C(N)C3CCC1C2C3. The van der Waals surface area contributed by atoms with Crippen LogP contribution in [-0.2, 0) is 9.53 Å². The fourth-order valence-electron chi connectivity index (χ4n) is 4.03. The molecule has 0 spiro atoms. The van der Waals surface area contributed by atoms with Crippen molar-refractivity contribution in [3.8, 4) is 0 Å². The van der Waals surface area contributed by atoms with Gasteiger partial charge < -0.3 is 10.5 Å². The Kier molecular flexibility index (Phi) is 1.25. The number of nitrogens with two attached hydrogens (primary N) is 1. The monoisotopic (exact) mass is 181 g/mol. The fraction of sp³-hybridized carbons (Fsp3) is 0.900. The van der Waals surface area contributed by atoms with Crippen LogP contribution in [0.2, 0.25) is 0 Å². The van der Waals surface area contributed by atoms with Gasteiger partial charge in [0.05, 0.1) is 12.5 Å². The first-order chi connectivity index (χ1) is 6.22. The van der Waals surface area contributed by atoms with Crippen molar-refractivity contribution in [1.82, 2.24) is 0 Å². The molecule has 4 rings (SSSR count). The van der Waals surface area contributed by atoms with Crippen LogP contribution in [0.15, 0.2) is 0 Å². The standard InChI is InChI=1S/C10H15NO2/c1-13-9(12)10-6-3-2-5(8(10)11)4-7(6)10/h5-8H,2-4,11H2,1H3. The summed E-state index contributed by atoms with van der Waals surface area (Å²) in [6.45, 7) is 0. The second-order valence-corrected chi connectivity index (χ2v) is 4.74. The van der Waals surface area contributed by atoms with Gasteiger partial charge in [-0.15, -0.1) is 0 Å². The van der Waals surface area contributed by atoms with Crippen molar-refractivity contribution in [1.29, 1.82) is 0 Å². The van der Waals surface area contributed by atoms with Crippen LogP contribution in [0.5, 0.6) is 0 Å². The molecule has 0 heterocycles. The van der Waals surface area contributed by atoms with E-state index in [0.29, 0.717) is 17.8 Å². The Balaban J connectivity index is 1.98. The van der Waals surface area contributed by atoms with Crippen LogP contribution in [0.25, 0.3) is 0 Å². The topological polar surface area (TPSA) is 52.3 Å². The maximum Gasteiger partial charge on any atom is 0.313 e. The maximum absolute atomic E-state index is 11.7. The number of fused-ring (bicyclic) bond motifs is 1. The summed E-state index contributed by atoms with van der Waals surface area (Å²) in [7, 11) is 1.48. The first kappa shape index (κ1) is 7.80. The summed E-state index contributed by atoms with van der Waals surface area (Å²) in [5.41, 5.74) is 5.88. The highest BCUT2D eigenvalue weighted by Gasteiger charge is 2.79. The third kappa shape index (κ3) is 0.622. The molecule has 5 unspecified atom stereocenters. The number of hydrogen-bond donors (Lipinski definition) is 1. The number of rotatable bonds is 1. The molecule has 0 saturated heterocycles. The third-order valence-corrected chi connectivity index (χ3v) is 4.61. The molecule has 72 valence electrons. The fourth-order valence-corrected chi connectivity index (χ4v) is 4.03. The van der Waals surface area contributed by atoms with Crippen molar-refractivity contribution in [2.24, 2.45) is 28.9 Å². The van der Waals surface area contributed by atoms with Gasteiger partial charge in [-0.05, 0) is 37.0 Å². The van der Waals surface area contributed by atoms with Crippen LogP contribution < -0.4 is 5.73 Å². The molecule has 4 bridgehead atoms. The van der Waals surface area contributed by atoms with Gasteiger partial charge in [-0.1, -0.05) is 0 Å². The maximum atomic E-state index is 11.7. The summed E-state index contributed by atoms with van der Waals surface area (Å²) in [5, 5.41) is 0. The van der Waals surface area contributed by atoms with Gasteiger partial charge in [0.15, 0.2) is 0 Å². The van der Waals surface area contributed by atoms with E-state index >= 15 is 0 Å². The average molecular weight is 181 g/mol. The molecule has 0 aromatic rings. The lowest BCUT2D eigenvalue weighted by Crippen LogP contribution is -2.44. The minimum absolute atomic E-state index is 0.0443. The zero-order valence-corrected chi connectivity index (χ0v) is 7.82. The quantitative estimate of drug-likeness (QED) is 0.600. The third-order valence-electron chi connectivity index (χ3n) is 4.61. The second-order valence-electron chi connectivity index (χ2n) is 4.74. The van der Waals surface area contributed by atoms with Crippen LogP contribution >= 0.6 is 0 Å². The number of esters is 1. The summed E-state index contributed by atoms with van der Waals surface area (Å²) in [4.78, 5) is 11.7. The van der Waals surface area contributed by atoms with Gasteiger partial charge >= 0.3 is 5.97 Å². The molecule has 0 radical (unpaired) electrons. The molecule has 3 nitrogen and oxygen atoms in total. The number of ether oxygens (including phenoxy) is 1. The molecule has 0 aromatic carbocycles. The van der Waals surface area contributed by atoms with Gasteiger partial charge in [-0.2, -0.15) is 0 Å². The van der Waals surface area contributed by atoms with E-state index in [-0.39, 0.29) is 17.4 Å². The minimum Gasteiger partial charge on any atom is -0.469 e. The Morgan fingerprint density at radius 3 is 2.69 bits per heavy atom. The van der Waals surface area contributed by atoms with Crippen molar-refractivity contribution in [2.75, 3.05) is 7.11 Å². The first-order valence-corrected chi connectivity index (χ1v) is 5.07. The highest BCUT2D eigenvalue weighted by molar-refractivity contribution is 5.83. The van der Waals surface area contributed by atoms with Gasteiger partial charge in [0.1, 0.15) is 0 Å². The van der Waals surface area contributed by atoms with E-state index in [1.807, 2.05) is 0 Å². The highest BCUT2D eigenvalue weighted by atomic mass is 16.5. The van der Waals surface area contributed by atoms with Gasteiger partial charge in [0.25, 0.3) is 0 Å². The Morgan fingerprint density at radius 1 is 1.46 bits per heavy atom. The van der Waals surface area contributed by atoms with E-state index in [1.54, 1.807) is 0 Å². The summed E-state index contributed by atoms with van der Waals surface area (Å²) < 4.78 is 4.88. The molecular formula is C10H15NO2. The van der Waals surface area contributed by atoms with E-state index in [1.165, 1.54) is 26.4 Å². The second kappa shape index (κ2) is 2.08. The molecule has 13 heavy (non-hydrogen) atoms. The Bertz CT molecular complexity index is 272. The van der Waals surface area contributed by atoms with Crippen LogP contribution in [0.3, 0.4) is 0 Å². The van der Waals surface area contributed by atoms with Gasteiger partial charge in [0.2, 0.25) is 0 Å². The van der Waals surface area contributed by atoms with E-state index in [0.717, 1.165) is 0 Å². The van der Waals surface area contributed by atoms with Gasteiger partial charge in [0, 0.05) is 6.04 Å². The number of carbonyl (C=O) groups excluding carboxylic acids is 1. The molecule has 2 N–H and O–H groups in total. The van der Waals surface area contributed by atoms with Crippen LogP contribution in [0.1, 0.15) is 19.3 Å². The lowest BCUT2D eigenvalue weighted by molar-refractivity contribution is -0.149. The summed E-state index contributed by atoms with van der Waals surface area (Å²) in [5.74, 6) is 1.67. The lowest BCUT2D eigenvalue weighted by Gasteiger charge is -2.31. The smallest absolute Gasteiger partial charge is 0.313 e. The molecule has 0 amide bonds. The predicted molar refractivity (Wildman–Crippen MR) is 46.7 cm³/mol. The van der Waals surface area contributed by atoms with E-state index < -0.39 is 0 Å². The summed E-state index contributed by atoms with van der Waals surface area (Å²) >= 11 is 0. The zero-order valence-electron chi connectivity index (χ0n) is 7.82. The Labute approximate surface area is 77.6 Å². The Morgan fingerprint density at radius 2 is 2.23 bits per heavy atom. The molecule has 4 aliphatic carbocycles. The van der Waals surface area contributed by atoms with Crippen molar-refractivity contribution in [3.05, 3.63) is 0 Å². The zero-order chi connectivity index (χ0) is 9.22. The average Bonchev–Trinajstić information content (AvgIpc) is 2.78. The van der Waals surface area contributed by atoms with Crippen LogP contribution in [-0.4, -0.2) is 19.1 Å². The molecule has 5 atom stereocenters. The molecule has 4 fully saturated rings. The summed E-state index contributed by atoms with van der Waals surface area (Å²) in [6, 6.07) is 0.0868. The van der Waals surface area contributed by atoms with Crippen molar-refractivity contribution >= 4 is 5.97 Å². The predicted octanol–water partition coefficient (Wildman–Crippen LogP) is 0.533. The highest BCUT2D eigenvalue weighted by Crippen LogP contribution is 2.75. The normalized spacial score (nSPS) is 56.2. The van der Waals surface area contributed by atoms with Gasteiger partial charge in [-0.3, -0.25) is 4.79 Å². The van der Waals surface area contributed by atoms with E-state index in [9.17, 15) is 4.79 Å². The number of carbonyl (C=O) groups is 1. The van der Waals surface area contributed by atoms with Crippen LogP contribution in [0.4, 0.5) is 0 Å². The van der Waals surface area contributed by atoms with Crippen molar-refractivity contribution in [2.45, 2.75) is 25.3 Å². The van der Waals surface area contributed by atoms with E-state index in [2.05, 4.69) is 0 Å². The molecular weight excluding hydrogens is 166 g/mol. The van der Waals surface area contributed by atoms with Gasteiger partial charge in [-0.25, -0.2) is 0 Å². The van der Waals surface area contributed by atoms with Crippen molar-refractivity contribution < 1.29 is 9.53 Å². The molecule has 4 aliphatic rings. The van der Waals surface area contributed by atoms with E-state index in [4.69, 9.17) is 10.5 Å². The van der Waals surface area contributed by atoms with Crippen molar-refractivity contribution in [3.63, 3.8) is 0 Å². The molecule has 4 saturated carbocycles. The minimum atomic E-state index is -0.238. The molecule has 0 aromatic heterocycles. The Hall–Kier alpha value is -0.570. The number of hydrogen-bond acceptors (Lipinski definition) is 3. The molecule has 0 aliphatic heterocycles. The number of methoxy groups -OCH3 is 1. The first-order valence-electron chi connectivity index (χ1n) is 5.07. The molecule has 3 heteroatoms. The lowest BCUT2D eigenvalue weighted by atomic mass is 9.77.